The van der Waals surface area contributed by atoms with Crippen molar-refractivity contribution in [2.45, 2.75) is 31.9 Å². The van der Waals surface area contributed by atoms with E-state index < -0.39 is 0 Å². The van der Waals surface area contributed by atoms with Crippen molar-refractivity contribution in [2.24, 2.45) is 11.1 Å². The Kier molecular flexibility index (Phi) is 4.25. The van der Waals surface area contributed by atoms with E-state index in [2.05, 4.69) is 44.4 Å². The van der Waals surface area contributed by atoms with Crippen LogP contribution >= 0.6 is 0 Å². The Morgan fingerprint density at radius 2 is 1.97 bits per heavy atom. The second-order valence-corrected chi connectivity index (χ2v) is 9.73. The van der Waals surface area contributed by atoms with Gasteiger partial charge in [0.05, 0.1) is 23.6 Å². The summed E-state index contributed by atoms with van der Waals surface area (Å²) < 4.78 is 8.03. The molecule has 34 heavy (non-hydrogen) atoms. The Hall–Kier alpha value is -3.49. The first-order valence-corrected chi connectivity index (χ1v) is 12.0. The summed E-state index contributed by atoms with van der Waals surface area (Å²) >= 11 is 0. The van der Waals surface area contributed by atoms with Crippen LogP contribution in [0.3, 0.4) is 0 Å². The molecule has 3 N–H and O–H groups in total. The van der Waals surface area contributed by atoms with E-state index in [1.165, 1.54) is 0 Å². The third-order valence-electron chi connectivity index (χ3n) is 7.98. The molecule has 0 amide bonds. The zero-order valence-electron chi connectivity index (χ0n) is 19.1. The van der Waals surface area contributed by atoms with Gasteiger partial charge in [0.25, 0.3) is 0 Å². The maximum absolute atomic E-state index is 6.53. The molecule has 8 heteroatoms. The lowest BCUT2D eigenvalue weighted by atomic mass is 9.73. The molecule has 0 unspecified atom stereocenters. The number of hydrogen-bond acceptors (Lipinski definition) is 6. The Morgan fingerprint density at radius 3 is 2.79 bits per heavy atom. The summed E-state index contributed by atoms with van der Waals surface area (Å²) in [7, 11) is 0. The number of hydrogen-bond donors (Lipinski definition) is 2. The average molecular weight is 454 g/mol. The topological polar surface area (TPSA) is 97.4 Å². The van der Waals surface area contributed by atoms with E-state index in [1.807, 2.05) is 36.9 Å². The summed E-state index contributed by atoms with van der Waals surface area (Å²) in [4.78, 5) is 20.2. The van der Waals surface area contributed by atoms with Gasteiger partial charge in [-0.1, -0.05) is 18.2 Å². The molecule has 2 aliphatic heterocycles. The van der Waals surface area contributed by atoms with Crippen molar-refractivity contribution in [3.63, 3.8) is 0 Å². The molecule has 7 rings (SSSR count). The molecule has 172 valence electrons. The van der Waals surface area contributed by atoms with Gasteiger partial charge in [-0.05, 0) is 37.5 Å². The number of nitrogens with one attached hydrogen (secondary N) is 1. The fourth-order valence-corrected chi connectivity index (χ4v) is 5.93. The Bertz CT molecular complexity index is 1520. The monoisotopic (exact) mass is 453 g/mol. The second kappa shape index (κ2) is 7.25. The standard InChI is InChI=1S/C26H27N7O/c1-16-22(27)26(15-34-16)7-11-32(12-8-26)25-31-23-21(24-29-10-13-33(24)25)19(14-30-23)17-4-2-6-20-18(17)5-3-9-28-20/h2-6,9-10,13-14,16,22,30H,7-8,11-12,15,27H2,1H3/t16-,22+/m0/s1. The third kappa shape index (κ3) is 2.75. The van der Waals surface area contributed by atoms with E-state index in [4.69, 9.17) is 20.4 Å². The van der Waals surface area contributed by atoms with Crippen molar-refractivity contribution < 1.29 is 4.74 Å². The molecular weight excluding hydrogens is 426 g/mol. The largest absolute Gasteiger partial charge is 0.376 e. The summed E-state index contributed by atoms with van der Waals surface area (Å²) in [5.41, 5.74) is 11.6. The van der Waals surface area contributed by atoms with Gasteiger partial charge in [-0.15, -0.1) is 0 Å². The molecule has 2 aliphatic rings. The second-order valence-electron chi connectivity index (χ2n) is 9.73. The number of benzene rings is 1. The summed E-state index contributed by atoms with van der Waals surface area (Å²) in [5, 5.41) is 2.14. The van der Waals surface area contributed by atoms with Crippen LogP contribution in [0.2, 0.25) is 0 Å². The zero-order chi connectivity index (χ0) is 22.9. The minimum atomic E-state index is 0.0794. The normalized spacial score (nSPS) is 22.5. The molecule has 2 fully saturated rings. The van der Waals surface area contributed by atoms with Gasteiger partial charge in [0.2, 0.25) is 5.95 Å². The zero-order valence-corrected chi connectivity index (χ0v) is 19.1. The summed E-state index contributed by atoms with van der Waals surface area (Å²) in [6.45, 7) is 4.65. The molecule has 8 nitrogen and oxygen atoms in total. The van der Waals surface area contributed by atoms with Gasteiger partial charge in [0, 0.05) is 60.3 Å². The van der Waals surface area contributed by atoms with Crippen molar-refractivity contribution in [3.8, 4) is 11.1 Å². The molecule has 0 saturated carbocycles. The first-order chi connectivity index (χ1) is 16.6. The smallest absolute Gasteiger partial charge is 0.213 e. The Balaban J connectivity index is 1.32. The number of imidazole rings is 1. The lowest BCUT2D eigenvalue weighted by molar-refractivity contribution is 0.0973. The van der Waals surface area contributed by atoms with Crippen molar-refractivity contribution in [3.05, 3.63) is 55.1 Å². The van der Waals surface area contributed by atoms with Gasteiger partial charge >= 0.3 is 0 Å². The Morgan fingerprint density at radius 1 is 1.09 bits per heavy atom. The molecule has 0 radical (unpaired) electrons. The fraction of sp³-hybridized carbons (Fsp3) is 0.346. The molecule has 6 heterocycles. The number of fused-ring (bicyclic) bond motifs is 4. The van der Waals surface area contributed by atoms with E-state index in [-0.39, 0.29) is 17.6 Å². The van der Waals surface area contributed by atoms with Crippen LogP contribution in [0, 0.1) is 5.41 Å². The first-order valence-electron chi connectivity index (χ1n) is 12.0. The highest BCUT2D eigenvalue weighted by atomic mass is 16.5. The average Bonchev–Trinajstić information content (AvgIpc) is 3.59. The highest BCUT2D eigenvalue weighted by Crippen LogP contribution is 2.42. The molecule has 0 bridgehead atoms. The minimum Gasteiger partial charge on any atom is -0.376 e. The maximum atomic E-state index is 6.53. The third-order valence-corrected chi connectivity index (χ3v) is 7.98. The van der Waals surface area contributed by atoms with E-state index in [1.54, 1.807) is 0 Å². The number of nitrogens with two attached hydrogens (primary N) is 1. The molecule has 5 aromatic rings. The van der Waals surface area contributed by atoms with E-state index >= 15 is 0 Å². The fourth-order valence-electron chi connectivity index (χ4n) is 5.93. The van der Waals surface area contributed by atoms with Gasteiger partial charge in [-0.3, -0.25) is 9.38 Å². The minimum absolute atomic E-state index is 0.0794. The van der Waals surface area contributed by atoms with E-state index in [0.29, 0.717) is 0 Å². The van der Waals surface area contributed by atoms with Crippen LogP contribution < -0.4 is 10.6 Å². The number of anilines is 1. The van der Waals surface area contributed by atoms with Crippen LogP contribution in [-0.2, 0) is 4.74 Å². The maximum Gasteiger partial charge on any atom is 0.213 e. The van der Waals surface area contributed by atoms with Crippen LogP contribution in [0.1, 0.15) is 19.8 Å². The summed E-state index contributed by atoms with van der Waals surface area (Å²) in [6, 6.07) is 10.4. The van der Waals surface area contributed by atoms with Gasteiger partial charge in [0.1, 0.15) is 5.65 Å². The van der Waals surface area contributed by atoms with Crippen LogP contribution in [0.15, 0.2) is 55.1 Å². The molecule has 1 aromatic carbocycles. The number of ether oxygens (including phenoxy) is 1. The number of nitrogens with zero attached hydrogens (tertiary/aromatic N) is 5. The van der Waals surface area contributed by atoms with E-state index in [0.717, 1.165) is 77.2 Å². The summed E-state index contributed by atoms with van der Waals surface area (Å²) in [6.07, 6.45) is 9.88. The van der Waals surface area contributed by atoms with E-state index in [9.17, 15) is 0 Å². The van der Waals surface area contributed by atoms with Gasteiger partial charge in [0.15, 0.2) is 5.65 Å². The predicted molar refractivity (Wildman–Crippen MR) is 133 cm³/mol. The van der Waals surface area contributed by atoms with Crippen molar-refractivity contribution in [1.82, 2.24) is 24.3 Å². The van der Waals surface area contributed by atoms with Crippen molar-refractivity contribution in [2.75, 3.05) is 24.6 Å². The number of aromatic amines is 1. The SMILES string of the molecule is C[C@@H]1OCC2(CCN(c3nc4[nH]cc(-c5cccc6ncccc56)c4c4nccn34)CC2)[C@@H]1N. The van der Waals surface area contributed by atoms with Crippen LogP contribution in [0.5, 0.6) is 0 Å². The number of aromatic nitrogens is 5. The lowest BCUT2D eigenvalue weighted by Gasteiger charge is -2.41. The first kappa shape index (κ1) is 19.9. The predicted octanol–water partition coefficient (Wildman–Crippen LogP) is 3.76. The number of piperidine rings is 1. The van der Waals surface area contributed by atoms with Crippen molar-refractivity contribution >= 4 is 33.5 Å². The number of pyridine rings is 1. The van der Waals surface area contributed by atoms with Gasteiger partial charge < -0.3 is 20.4 Å². The van der Waals surface area contributed by atoms with Gasteiger partial charge in [-0.2, -0.15) is 4.98 Å². The molecule has 2 atom stereocenters. The molecule has 2 saturated heterocycles. The lowest BCUT2D eigenvalue weighted by Crippen LogP contribution is -2.51. The number of rotatable bonds is 2. The van der Waals surface area contributed by atoms with Gasteiger partial charge in [-0.25, -0.2) is 4.98 Å². The molecular formula is C26H27N7O. The molecule has 4 aromatic heterocycles. The quantitative estimate of drug-likeness (QED) is 0.422. The highest BCUT2D eigenvalue weighted by molar-refractivity contribution is 6.08. The van der Waals surface area contributed by atoms with Crippen LogP contribution in [0.25, 0.3) is 38.7 Å². The molecule has 0 aliphatic carbocycles. The number of H-pyrrole nitrogens is 1. The van der Waals surface area contributed by atoms with Crippen LogP contribution in [0.4, 0.5) is 5.95 Å². The Labute approximate surface area is 196 Å². The van der Waals surface area contributed by atoms with Crippen molar-refractivity contribution in [1.29, 1.82) is 0 Å². The highest BCUT2D eigenvalue weighted by Gasteiger charge is 2.47. The van der Waals surface area contributed by atoms with Crippen LogP contribution in [-0.4, -0.2) is 56.2 Å². The molecule has 1 spiro atoms. The summed E-state index contributed by atoms with van der Waals surface area (Å²) in [5.74, 6) is 0.920.